The highest BCUT2D eigenvalue weighted by atomic mass is 16.4. The van der Waals surface area contributed by atoms with Gasteiger partial charge in [-0.05, 0) is 32.2 Å². The lowest BCUT2D eigenvalue weighted by Crippen LogP contribution is -2.53. The second-order valence-corrected chi connectivity index (χ2v) is 5.29. The molecule has 5 heteroatoms. The van der Waals surface area contributed by atoms with E-state index in [1.807, 2.05) is 30.3 Å². The van der Waals surface area contributed by atoms with Gasteiger partial charge in [-0.1, -0.05) is 24.3 Å². The molecule has 0 atom stereocenters. The molecule has 1 heterocycles. The fourth-order valence-electron chi connectivity index (χ4n) is 2.33. The summed E-state index contributed by atoms with van der Waals surface area (Å²) in [6, 6.07) is 9.25. The van der Waals surface area contributed by atoms with Crippen molar-refractivity contribution >= 4 is 22.6 Å². The SMILES string of the molecule is CCN(C(=O)c1nccc2ccccc12)C(C)(C)C(=O)O. The Bertz CT molecular complexity index is 689. The predicted octanol–water partition coefficient (Wildman–Crippen LogP) is 2.56. The molecule has 21 heavy (non-hydrogen) atoms. The molecule has 1 amide bonds. The maximum Gasteiger partial charge on any atom is 0.329 e. The molecule has 110 valence electrons. The first-order chi connectivity index (χ1) is 9.89. The molecule has 0 spiro atoms. The van der Waals surface area contributed by atoms with Crippen LogP contribution in [0.15, 0.2) is 36.5 Å². The summed E-state index contributed by atoms with van der Waals surface area (Å²) in [6.45, 7) is 5.08. The first kappa shape index (κ1) is 15.0. The van der Waals surface area contributed by atoms with Crippen LogP contribution in [0.5, 0.6) is 0 Å². The second kappa shape index (κ2) is 5.52. The molecular weight excluding hydrogens is 268 g/mol. The topological polar surface area (TPSA) is 70.5 Å². The van der Waals surface area contributed by atoms with Gasteiger partial charge in [0.1, 0.15) is 11.2 Å². The van der Waals surface area contributed by atoms with Crippen LogP contribution in [0.2, 0.25) is 0 Å². The van der Waals surface area contributed by atoms with Crippen molar-refractivity contribution in [1.29, 1.82) is 0 Å². The van der Waals surface area contributed by atoms with E-state index in [9.17, 15) is 14.7 Å². The van der Waals surface area contributed by atoms with Crippen molar-refractivity contribution in [3.63, 3.8) is 0 Å². The van der Waals surface area contributed by atoms with E-state index in [4.69, 9.17) is 0 Å². The van der Waals surface area contributed by atoms with E-state index >= 15 is 0 Å². The molecule has 1 aromatic heterocycles. The van der Waals surface area contributed by atoms with Crippen LogP contribution in [0.4, 0.5) is 0 Å². The van der Waals surface area contributed by atoms with E-state index in [1.54, 1.807) is 13.1 Å². The summed E-state index contributed by atoms with van der Waals surface area (Å²) in [5.74, 6) is -1.42. The normalized spacial score (nSPS) is 11.4. The van der Waals surface area contributed by atoms with Crippen molar-refractivity contribution in [2.45, 2.75) is 26.3 Å². The number of rotatable bonds is 4. The number of hydrogen-bond donors (Lipinski definition) is 1. The molecule has 2 aromatic rings. The smallest absolute Gasteiger partial charge is 0.329 e. The minimum absolute atomic E-state index is 0.282. The Kier molecular flexibility index (Phi) is 3.93. The zero-order valence-electron chi connectivity index (χ0n) is 12.3. The van der Waals surface area contributed by atoms with Gasteiger partial charge in [0, 0.05) is 18.1 Å². The summed E-state index contributed by atoms with van der Waals surface area (Å²) in [6.07, 6.45) is 1.57. The van der Waals surface area contributed by atoms with Gasteiger partial charge in [-0.25, -0.2) is 4.79 Å². The van der Waals surface area contributed by atoms with Crippen molar-refractivity contribution in [2.75, 3.05) is 6.54 Å². The number of hydrogen-bond acceptors (Lipinski definition) is 3. The highest BCUT2D eigenvalue weighted by Crippen LogP contribution is 2.22. The number of aliphatic carboxylic acids is 1. The van der Waals surface area contributed by atoms with Crippen LogP contribution >= 0.6 is 0 Å². The molecule has 0 fully saturated rings. The summed E-state index contributed by atoms with van der Waals surface area (Å²) in [7, 11) is 0. The van der Waals surface area contributed by atoms with Crippen molar-refractivity contribution in [2.24, 2.45) is 0 Å². The lowest BCUT2D eigenvalue weighted by Gasteiger charge is -2.34. The molecular formula is C16H18N2O3. The Morgan fingerprint density at radius 2 is 1.90 bits per heavy atom. The van der Waals surface area contributed by atoms with Crippen molar-refractivity contribution in [3.8, 4) is 0 Å². The molecule has 0 unspecified atom stereocenters. The van der Waals surface area contributed by atoms with E-state index in [0.717, 1.165) is 10.8 Å². The number of carboxylic acids is 1. The monoisotopic (exact) mass is 286 g/mol. The molecule has 0 aliphatic carbocycles. The highest BCUT2D eigenvalue weighted by Gasteiger charge is 2.38. The molecule has 2 rings (SSSR count). The fraction of sp³-hybridized carbons (Fsp3) is 0.312. The first-order valence-electron chi connectivity index (χ1n) is 6.78. The number of likely N-dealkylation sites (N-methyl/N-ethyl adjacent to an activating group) is 1. The summed E-state index contributed by atoms with van der Waals surface area (Å²) < 4.78 is 0. The molecule has 0 aliphatic rings. The van der Waals surface area contributed by atoms with Crippen LogP contribution in [-0.2, 0) is 4.79 Å². The Balaban J connectivity index is 2.53. The number of pyridine rings is 1. The maximum absolute atomic E-state index is 12.7. The van der Waals surface area contributed by atoms with Crippen molar-refractivity contribution in [3.05, 3.63) is 42.2 Å². The number of nitrogens with zero attached hydrogens (tertiary/aromatic N) is 2. The fourth-order valence-corrected chi connectivity index (χ4v) is 2.33. The quantitative estimate of drug-likeness (QED) is 0.937. The van der Waals surface area contributed by atoms with E-state index in [1.165, 1.54) is 18.7 Å². The molecule has 0 bridgehead atoms. The Morgan fingerprint density at radius 1 is 1.24 bits per heavy atom. The van der Waals surface area contributed by atoms with Gasteiger partial charge in [0.25, 0.3) is 5.91 Å². The van der Waals surface area contributed by atoms with E-state index in [2.05, 4.69) is 4.98 Å². The number of benzene rings is 1. The van der Waals surface area contributed by atoms with Crippen LogP contribution in [0, 0.1) is 0 Å². The minimum atomic E-state index is -1.29. The highest BCUT2D eigenvalue weighted by molar-refractivity contribution is 6.06. The minimum Gasteiger partial charge on any atom is -0.480 e. The predicted molar refractivity (Wildman–Crippen MR) is 80.2 cm³/mol. The van der Waals surface area contributed by atoms with E-state index in [-0.39, 0.29) is 11.6 Å². The molecule has 0 saturated carbocycles. The second-order valence-electron chi connectivity index (χ2n) is 5.29. The van der Waals surface area contributed by atoms with Crippen LogP contribution in [-0.4, -0.2) is 39.0 Å². The Morgan fingerprint density at radius 3 is 2.52 bits per heavy atom. The maximum atomic E-state index is 12.7. The van der Waals surface area contributed by atoms with Crippen LogP contribution in [0.1, 0.15) is 31.3 Å². The number of fused-ring (bicyclic) bond motifs is 1. The largest absolute Gasteiger partial charge is 0.480 e. The molecule has 0 saturated heterocycles. The number of carbonyl (C=O) groups is 2. The van der Waals surface area contributed by atoms with Crippen LogP contribution < -0.4 is 0 Å². The molecule has 0 aliphatic heterocycles. The molecule has 0 radical (unpaired) electrons. The average Bonchev–Trinajstić information content (AvgIpc) is 2.46. The van der Waals surface area contributed by atoms with Gasteiger partial charge in [0.05, 0.1) is 0 Å². The van der Waals surface area contributed by atoms with Crippen LogP contribution in [0.25, 0.3) is 10.8 Å². The summed E-state index contributed by atoms with van der Waals surface area (Å²) in [5.41, 5.74) is -1.01. The standard InChI is InChI=1S/C16H18N2O3/c1-4-18(16(2,3)15(20)21)14(19)13-12-8-6-5-7-11(12)9-10-17-13/h5-10H,4H2,1-3H3,(H,20,21). The summed E-state index contributed by atoms with van der Waals surface area (Å²) in [4.78, 5) is 29.6. The Hall–Kier alpha value is -2.43. The lowest BCUT2D eigenvalue weighted by atomic mass is 10.0. The van der Waals surface area contributed by atoms with E-state index < -0.39 is 11.5 Å². The van der Waals surface area contributed by atoms with E-state index in [0.29, 0.717) is 6.54 Å². The van der Waals surface area contributed by atoms with Gasteiger partial charge < -0.3 is 10.0 Å². The molecule has 1 N–H and O–H groups in total. The zero-order chi connectivity index (χ0) is 15.6. The zero-order valence-corrected chi connectivity index (χ0v) is 12.3. The van der Waals surface area contributed by atoms with Gasteiger partial charge >= 0.3 is 5.97 Å². The third-order valence-corrected chi connectivity index (χ3v) is 3.64. The molecule has 1 aromatic carbocycles. The third kappa shape index (κ3) is 2.59. The first-order valence-corrected chi connectivity index (χ1v) is 6.78. The summed E-state index contributed by atoms with van der Waals surface area (Å²) >= 11 is 0. The van der Waals surface area contributed by atoms with Gasteiger partial charge in [-0.15, -0.1) is 0 Å². The lowest BCUT2D eigenvalue weighted by molar-refractivity contribution is -0.147. The number of carboxylic acid groups (broad SMARTS) is 1. The van der Waals surface area contributed by atoms with Gasteiger partial charge in [0.15, 0.2) is 0 Å². The Labute approximate surface area is 123 Å². The van der Waals surface area contributed by atoms with Crippen molar-refractivity contribution in [1.82, 2.24) is 9.88 Å². The van der Waals surface area contributed by atoms with Crippen molar-refractivity contribution < 1.29 is 14.7 Å². The summed E-state index contributed by atoms with van der Waals surface area (Å²) in [5, 5.41) is 11.0. The third-order valence-electron chi connectivity index (χ3n) is 3.64. The van der Waals surface area contributed by atoms with Gasteiger partial charge in [0.2, 0.25) is 0 Å². The van der Waals surface area contributed by atoms with Gasteiger partial charge in [-0.2, -0.15) is 0 Å². The molecule has 5 nitrogen and oxygen atoms in total. The number of carbonyl (C=O) groups excluding carboxylic acids is 1. The number of amides is 1. The van der Waals surface area contributed by atoms with Crippen LogP contribution in [0.3, 0.4) is 0 Å². The number of aromatic nitrogens is 1. The average molecular weight is 286 g/mol. The van der Waals surface area contributed by atoms with Gasteiger partial charge in [-0.3, -0.25) is 9.78 Å².